The molecule has 5 rings (SSSR count). The molecule has 4 aromatic rings. The number of halogens is 1. The van der Waals surface area contributed by atoms with Crippen molar-refractivity contribution in [3.63, 3.8) is 0 Å². The molecule has 0 radical (unpaired) electrons. The molecule has 0 saturated heterocycles. The summed E-state index contributed by atoms with van der Waals surface area (Å²) in [7, 11) is 0. The minimum absolute atomic E-state index is 0.197. The first kappa shape index (κ1) is 18.9. The van der Waals surface area contributed by atoms with Crippen molar-refractivity contribution in [2.24, 2.45) is 0 Å². The van der Waals surface area contributed by atoms with Crippen LogP contribution in [0.25, 0.3) is 22.0 Å². The summed E-state index contributed by atoms with van der Waals surface area (Å²) in [4.78, 5) is 18.0. The van der Waals surface area contributed by atoms with E-state index in [1.54, 1.807) is 0 Å². The van der Waals surface area contributed by atoms with Gasteiger partial charge in [0.05, 0.1) is 11.7 Å². The molecular formula is C21H17ClN6OS. The Labute approximate surface area is 181 Å². The summed E-state index contributed by atoms with van der Waals surface area (Å²) in [5, 5.41) is 16.4. The van der Waals surface area contributed by atoms with Gasteiger partial charge in [0.2, 0.25) is 0 Å². The van der Waals surface area contributed by atoms with Gasteiger partial charge in [0.1, 0.15) is 9.88 Å². The topological polar surface area (TPSA) is 85.6 Å². The minimum Gasteiger partial charge on any atom is -0.321 e. The molecular weight excluding hydrogens is 420 g/mol. The summed E-state index contributed by atoms with van der Waals surface area (Å²) in [6, 6.07) is 15.4. The molecule has 2 aromatic carbocycles. The van der Waals surface area contributed by atoms with E-state index in [2.05, 4.69) is 25.8 Å². The molecule has 0 spiro atoms. The highest BCUT2D eigenvalue weighted by Gasteiger charge is 2.28. The SMILES string of the molecule is Cc1nc(-c2cccc(Cl)c2)sc1C(=O)Nc1cccc(-c2nnnn2C2CC2)c1. The zero-order valence-electron chi connectivity index (χ0n) is 16.0. The van der Waals surface area contributed by atoms with E-state index in [9.17, 15) is 4.79 Å². The molecule has 1 aliphatic carbocycles. The van der Waals surface area contributed by atoms with Crippen molar-refractivity contribution >= 4 is 34.5 Å². The number of amides is 1. The second-order valence-corrected chi connectivity index (χ2v) is 8.59. The van der Waals surface area contributed by atoms with Crippen molar-refractivity contribution in [2.75, 3.05) is 5.32 Å². The monoisotopic (exact) mass is 436 g/mol. The van der Waals surface area contributed by atoms with Gasteiger partial charge in [0.15, 0.2) is 5.82 Å². The number of aryl methyl sites for hydroxylation is 1. The van der Waals surface area contributed by atoms with Crippen LogP contribution in [-0.2, 0) is 0 Å². The Morgan fingerprint density at radius 3 is 2.77 bits per heavy atom. The maximum atomic E-state index is 12.9. The molecule has 1 aliphatic rings. The van der Waals surface area contributed by atoms with Crippen LogP contribution >= 0.6 is 22.9 Å². The lowest BCUT2D eigenvalue weighted by Crippen LogP contribution is -2.11. The lowest BCUT2D eigenvalue weighted by molar-refractivity contribution is 0.103. The normalized spacial score (nSPS) is 13.4. The smallest absolute Gasteiger partial charge is 0.267 e. The number of hydrogen-bond donors (Lipinski definition) is 1. The molecule has 2 aromatic heterocycles. The summed E-state index contributed by atoms with van der Waals surface area (Å²) < 4.78 is 1.85. The summed E-state index contributed by atoms with van der Waals surface area (Å²) in [5.74, 6) is 0.517. The van der Waals surface area contributed by atoms with Crippen molar-refractivity contribution in [1.82, 2.24) is 25.2 Å². The van der Waals surface area contributed by atoms with Gasteiger partial charge in [-0.3, -0.25) is 4.79 Å². The van der Waals surface area contributed by atoms with Gasteiger partial charge >= 0.3 is 0 Å². The molecule has 150 valence electrons. The van der Waals surface area contributed by atoms with Crippen LogP contribution in [0.3, 0.4) is 0 Å². The number of anilines is 1. The lowest BCUT2D eigenvalue weighted by atomic mass is 10.2. The average Bonchev–Trinajstić information content (AvgIpc) is 3.32. The molecule has 1 fully saturated rings. The van der Waals surface area contributed by atoms with Crippen molar-refractivity contribution in [1.29, 1.82) is 0 Å². The standard InChI is InChI=1S/C21H17ClN6OS/c1-12-18(30-21(23-12)14-5-2-6-15(22)10-14)20(29)24-16-7-3-4-13(11-16)19-25-26-27-28(19)17-8-9-17/h2-7,10-11,17H,8-9H2,1H3,(H,24,29). The molecule has 2 heterocycles. The Morgan fingerprint density at radius 1 is 1.17 bits per heavy atom. The number of aromatic nitrogens is 5. The molecule has 9 heteroatoms. The number of nitrogens with one attached hydrogen (secondary N) is 1. The van der Waals surface area contributed by atoms with Crippen LogP contribution < -0.4 is 5.32 Å². The first-order valence-electron chi connectivity index (χ1n) is 9.51. The molecule has 1 amide bonds. The zero-order valence-corrected chi connectivity index (χ0v) is 17.6. The van der Waals surface area contributed by atoms with E-state index in [1.165, 1.54) is 11.3 Å². The summed E-state index contributed by atoms with van der Waals surface area (Å²) >= 11 is 7.43. The van der Waals surface area contributed by atoms with Crippen LogP contribution in [0.15, 0.2) is 48.5 Å². The third-order valence-corrected chi connectivity index (χ3v) is 6.28. The first-order valence-corrected chi connectivity index (χ1v) is 10.7. The minimum atomic E-state index is -0.197. The van der Waals surface area contributed by atoms with Crippen LogP contribution in [0.1, 0.15) is 34.2 Å². The Kier molecular flexibility index (Phi) is 4.80. The largest absolute Gasteiger partial charge is 0.321 e. The van der Waals surface area contributed by atoms with Crippen molar-refractivity contribution < 1.29 is 4.79 Å². The quantitative estimate of drug-likeness (QED) is 0.475. The highest BCUT2D eigenvalue weighted by molar-refractivity contribution is 7.17. The van der Waals surface area contributed by atoms with Gasteiger partial charge in [-0.05, 0) is 54.5 Å². The molecule has 0 aliphatic heterocycles. The number of thiazole rings is 1. The summed E-state index contributed by atoms with van der Waals surface area (Å²) in [5.41, 5.74) is 3.12. The maximum absolute atomic E-state index is 12.9. The first-order chi connectivity index (χ1) is 14.6. The van der Waals surface area contributed by atoms with Crippen LogP contribution in [-0.4, -0.2) is 31.1 Å². The number of hydrogen-bond acceptors (Lipinski definition) is 6. The van der Waals surface area contributed by atoms with E-state index >= 15 is 0 Å². The van der Waals surface area contributed by atoms with Gasteiger partial charge in [0, 0.05) is 21.8 Å². The number of tetrazole rings is 1. The van der Waals surface area contributed by atoms with Crippen LogP contribution in [0.5, 0.6) is 0 Å². The van der Waals surface area contributed by atoms with E-state index in [1.807, 2.05) is 60.1 Å². The fraction of sp³-hybridized carbons (Fsp3) is 0.190. The Balaban J connectivity index is 1.39. The fourth-order valence-electron chi connectivity index (χ4n) is 3.22. The Morgan fingerprint density at radius 2 is 1.97 bits per heavy atom. The van der Waals surface area contributed by atoms with Gasteiger partial charge in [-0.15, -0.1) is 16.4 Å². The van der Waals surface area contributed by atoms with Crippen LogP contribution in [0, 0.1) is 6.92 Å². The van der Waals surface area contributed by atoms with Gasteiger partial charge < -0.3 is 5.32 Å². The zero-order chi connectivity index (χ0) is 20.7. The molecule has 1 N–H and O–H groups in total. The molecule has 7 nitrogen and oxygen atoms in total. The molecule has 0 atom stereocenters. The predicted octanol–water partition coefficient (Wildman–Crippen LogP) is 5.01. The van der Waals surface area contributed by atoms with Crippen molar-refractivity contribution in [3.8, 4) is 22.0 Å². The van der Waals surface area contributed by atoms with Crippen molar-refractivity contribution in [3.05, 3.63) is 64.1 Å². The summed E-state index contributed by atoms with van der Waals surface area (Å²) in [6.07, 6.45) is 2.18. The Hall–Kier alpha value is -3.10. The van der Waals surface area contributed by atoms with Gasteiger partial charge in [-0.25, -0.2) is 9.67 Å². The second kappa shape index (κ2) is 7.62. The second-order valence-electron chi connectivity index (χ2n) is 7.16. The highest BCUT2D eigenvalue weighted by Crippen LogP contribution is 2.37. The third kappa shape index (κ3) is 3.71. The van der Waals surface area contributed by atoms with E-state index in [0.29, 0.717) is 33.1 Å². The number of nitrogens with zero attached hydrogens (tertiary/aromatic N) is 5. The van der Waals surface area contributed by atoms with E-state index < -0.39 is 0 Å². The van der Waals surface area contributed by atoms with E-state index in [4.69, 9.17) is 11.6 Å². The van der Waals surface area contributed by atoms with Gasteiger partial charge in [-0.1, -0.05) is 35.9 Å². The molecule has 0 bridgehead atoms. The fourth-order valence-corrected chi connectivity index (χ4v) is 4.37. The molecule has 1 saturated carbocycles. The predicted molar refractivity (Wildman–Crippen MR) is 117 cm³/mol. The average molecular weight is 437 g/mol. The van der Waals surface area contributed by atoms with Crippen molar-refractivity contribution in [2.45, 2.75) is 25.8 Å². The Bertz CT molecular complexity index is 1250. The maximum Gasteiger partial charge on any atom is 0.267 e. The number of rotatable bonds is 5. The number of carbonyl (C=O) groups is 1. The molecule has 0 unspecified atom stereocenters. The highest BCUT2D eigenvalue weighted by atomic mass is 35.5. The molecule has 30 heavy (non-hydrogen) atoms. The lowest BCUT2D eigenvalue weighted by Gasteiger charge is -2.07. The van der Waals surface area contributed by atoms with Gasteiger partial charge in [0.25, 0.3) is 5.91 Å². The third-order valence-electron chi connectivity index (χ3n) is 4.84. The number of carbonyl (C=O) groups excluding carboxylic acids is 1. The van der Waals surface area contributed by atoms with E-state index in [-0.39, 0.29) is 5.91 Å². The summed E-state index contributed by atoms with van der Waals surface area (Å²) in [6.45, 7) is 1.83. The van der Waals surface area contributed by atoms with Crippen LogP contribution in [0.4, 0.5) is 5.69 Å². The van der Waals surface area contributed by atoms with Crippen LogP contribution in [0.2, 0.25) is 5.02 Å². The van der Waals surface area contributed by atoms with E-state index in [0.717, 1.165) is 29.0 Å². The number of benzene rings is 2. The van der Waals surface area contributed by atoms with Gasteiger partial charge in [-0.2, -0.15) is 0 Å².